The van der Waals surface area contributed by atoms with Crippen LogP contribution in [0.5, 0.6) is 0 Å². The molecule has 2 aliphatic heterocycles. The van der Waals surface area contributed by atoms with Gasteiger partial charge in [-0.15, -0.1) is 0 Å². The van der Waals surface area contributed by atoms with Gasteiger partial charge in [0.2, 0.25) is 0 Å². The fourth-order valence-electron chi connectivity index (χ4n) is 5.82. The number of ether oxygens (including phenoxy) is 2. The first-order valence-electron chi connectivity index (χ1n) is 14.3. The Balaban J connectivity index is 1.43. The maximum Gasteiger partial charge on any atom is 0.184 e. The van der Waals surface area contributed by atoms with Gasteiger partial charge in [0.05, 0.1) is 18.8 Å². The average molecular weight is 515 g/mol. The number of nitrogens with two attached hydrogens (primary N) is 1. The molecular formula is C33H42N2O3. The lowest BCUT2D eigenvalue weighted by atomic mass is 9.89. The van der Waals surface area contributed by atoms with Gasteiger partial charge >= 0.3 is 0 Å². The van der Waals surface area contributed by atoms with E-state index in [0.29, 0.717) is 6.54 Å². The SMILES string of the molecule is C[C@@H]1[C@H](CN2CCCCCCC2)O[C@H](c2cccc(-c3cccc(CN)c3)c2)O[C@@H]1c1ccc(CO)cc1. The van der Waals surface area contributed by atoms with E-state index in [-0.39, 0.29) is 24.7 Å². The van der Waals surface area contributed by atoms with E-state index in [2.05, 4.69) is 72.5 Å². The molecule has 0 unspecified atom stereocenters. The Kier molecular flexibility index (Phi) is 9.26. The minimum atomic E-state index is -0.453. The van der Waals surface area contributed by atoms with Crippen LogP contribution in [0.3, 0.4) is 0 Å². The van der Waals surface area contributed by atoms with Gasteiger partial charge in [-0.2, -0.15) is 0 Å². The van der Waals surface area contributed by atoms with Gasteiger partial charge in [-0.1, -0.05) is 86.8 Å². The van der Waals surface area contributed by atoms with Crippen molar-refractivity contribution in [2.24, 2.45) is 11.7 Å². The summed E-state index contributed by atoms with van der Waals surface area (Å²) in [6, 6.07) is 25.1. The second-order valence-corrected chi connectivity index (χ2v) is 10.9. The number of hydrogen-bond acceptors (Lipinski definition) is 5. The molecule has 2 aliphatic rings. The first kappa shape index (κ1) is 27.0. The minimum absolute atomic E-state index is 0.0445. The molecule has 0 spiro atoms. The molecule has 0 aliphatic carbocycles. The zero-order valence-corrected chi connectivity index (χ0v) is 22.6. The molecule has 3 N–H and O–H groups in total. The Morgan fingerprint density at radius 1 is 0.789 bits per heavy atom. The molecule has 0 saturated carbocycles. The van der Waals surface area contributed by atoms with Crippen molar-refractivity contribution in [3.63, 3.8) is 0 Å². The Bertz CT molecular complexity index is 1160. The third kappa shape index (κ3) is 6.53. The molecule has 0 bridgehead atoms. The number of nitrogens with zero attached hydrogens (tertiary/aromatic N) is 1. The number of hydrogen-bond donors (Lipinski definition) is 2. The first-order chi connectivity index (χ1) is 18.6. The highest BCUT2D eigenvalue weighted by Crippen LogP contribution is 2.42. The van der Waals surface area contributed by atoms with Gasteiger partial charge in [0.15, 0.2) is 6.29 Å². The Morgan fingerprint density at radius 3 is 2.18 bits per heavy atom. The number of benzene rings is 3. The van der Waals surface area contributed by atoms with Crippen molar-refractivity contribution in [1.82, 2.24) is 4.90 Å². The van der Waals surface area contributed by atoms with E-state index >= 15 is 0 Å². The maximum absolute atomic E-state index is 9.54. The third-order valence-corrected chi connectivity index (χ3v) is 8.17. The van der Waals surface area contributed by atoms with Gasteiger partial charge in [0.25, 0.3) is 0 Å². The fourth-order valence-corrected chi connectivity index (χ4v) is 5.82. The predicted molar refractivity (Wildman–Crippen MR) is 152 cm³/mol. The zero-order chi connectivity index (χ0) is 26.3. The summed E-state index contributed by atoms with van der Waals surface area (Å²) in [6.45, 7) is 6.02. The minimum Gasteiger partial charge on any atom is -0.392 e. The molecule has 4 atom stereocenters. The maximum atomic E-state index is 9.54. The lowest BCUT2D eigenvalue weighted by Crippen LogP contribution is -2.45. The number of aliphatic hydroxyl groups excluding tert-OH is 1. The summed E-state index contributed by atoms with van der Waals surface area (Å²) < 4.78 is 13.5. The van der Waals surface area contributed by atoms with Crippen LogP contribution in [0.2, 0.25) is 0 Å². The van der Waals surface area contributed by atoms with E-state index in [1.54, 1.807) is 0 Å². The normalized spacial score (nSPS) is 25.0. The third-order valence-electron chi connectivity index (χ3n) is 8.17. The summed E-state index contributed by atoms with van der Waals surface area (Å²) >= 11 is 0. The van der Waals surface area contributed by atoms with Gasteiger partial charge in [0.1, 0.15) is 0 Å². The molecule has 2 fully saturated rings. The largest absolute Gasteiger partial charge is 0.392 e. The van der Waals surface area contributed by atoms with Crippen molar-refractivity contribution in [2.45, 2.75) is 70.7 Å². The molecule has 5 heteroatoms. The molecule has 5 nitrogen and oxygen atoms in total. The molecule has 38 heavy (non-hydrogen) atoms. The van der Waals surface area contributed by atoms with Crippen molar-refractivity contribution in [3.8, 4) is 11.1 Å². The molecule has 202 valence electrons. The summed E-state index contributed by atoms with van der Waals surface area (Å²) in [6.07, 6.45) is 6.03. The van der Waals surface area contributed by atoms with Gasteiger partial charge in [0, 0.05) is 24.6 Å². The molecule has 0 radical (unpaired) electrons. The van der Waals surface area contributed by atoms with Crippen LogP contribution in [0.1, 0.15) is 73.7 Å². The lowest BCUT2D eigenvalue weighted by Gasteiger charge is -2.43. The van der Waals surface area contributed by atoms with Crippen LogP contribution in [0, 0.1) is 5.92 Å². The average Bonchev–Trinajstić information content (AvgIpc) is 2.95. The van der Waals surface area contributed by atoms with Gasteiger partial charge in [-0.25, -0.2) is 0 Å². The van der Waals surface area contributed by atoms with E-state index < -0.39 is 6.29 Å². The van der Waals surface area contributed by atoms with Crippen LogP contribution in [0.25, 0.3) is 11.1 Å². The second kappa shape index (κ2) is 13.0. The number of aliphatic hydroxyl groups is 1. The van der Waals surface area contributed by atoms with Gasteiger partial charge in [-0.05, 0) is 65.9 Å². The Labute approximate surface area is 227 Å². The van der Waals surface area contributed by atoms with Crippen LogP contribution in [0.15, 0.2) is 72.8 Å². The second-order valence-electron chi connectivity index (χ2n) is 10.9. The van der Waals surface area contributed by atoms with Crippen molar-refractivity contribution in [3.05, 3.63) is 95.1 Å². The van der Waals surface area contributed by atoms with Crippen molar-refractivity contribution in [2.75, 3.05) is 19.6 Å². The molecular weight excluding hydrogens is 472 g/mol. The van der Waals surface area contributed by atoms with E-state index in [1.807, 2.05) is 12.1 Å². The summed E-state index contributed by atoms with van der Waals surface area (Å²) in [5.74, 6) is 0.195. The zero-order valence-electron chi connectivity index (χ0n) is 22.6. The van der Waals surface area contributed by atoms with Crippen LogP contribution in [0.4, 0.5) is 0 Å². The van der Waals surface area contributed by atoms with Crippen LogP contribution >= 0.6 is 0 Å². The summed E-state index contributed by atoms with van der Waals surface area (Å²) in [5.41, 5.74) is 12.4. The predicted octanol–water partition coefficient (Wildman–Crippen LogP) is 6.36. The van der Waals surface area contributed by atoms with E-state index in [0.717, 1.165) is 53.0 Å². The highest BCUT2D eigenvalue weighted by Gasteiger charge is 2.39. The molecule has 3 aromatic rings. The smallest absolute Gasteiger partial charge is 0.184 e. The molecule has 3 aromatic carbocycles. The van der Waals surface area contributed by atoms with Crippen molar-refractivity contribution in [1.29, 1.82) is 0 Å². The quantitative estimate of drug-likeness (QED) is 0.384. The van der Waals surface area contributed by atoms with E-state index in [4.69, 9.17) is 15.2 Å². The van der Waals surface area contributed by atoms with Crippen molar-refractivity contribution >= 4 is 0 Å². The fraction of sp³-hybridized carbons (Fsp3) is 0.455. The van der Waals surface area contributed by atoms with Crippen molar-refractivity contribution < 1.29 is 14.6 Å². The van der Waals surface area contributed by atoms with E-state index in [1.165, 1.54) is 32.1 Å². The Hall–Kier alpha value is -2.54. The molecule has 0 aromatic heterocycles. The molecule has 2 heterocycles. The Morgan fingerprint density at radius 2 is 1.47 bits per heavy atom. The van der Waals surface area contributed by atoms with Gasteiger partial charge in [-0.3, -0.25) is 0 Å². The highest BCUT2D eigenvalue weighted by molar-refractivity contribution is 5.65. The molecule has 0 amide bonds. The monoisotopic (exact) mass is 514 g/mol. The van der Waals surface area contributed by atoms with Crippen LogP contribution in [-0.2, 0) is 22.6 Å². The van der Waals surface area contributed by atoms with Crippen LogP contribution < -0.4 is 5.73 Å². The molecule has 2 saturated heterocycles. The number of rotatable bonds is 7. The number of likely N-dealkylation sites (tertiary alicyclic amines) is 1. The summed E-state index contributed by atoms with van der Waals surface area (Å²) in [7, 11) is 0. The topological polar surface area (TPSA) is 68.0 Å². The molecule has 5 rings (SSSR count). The van der Waals surface area contributed by atoms with Crippen LogP contribution in [-0.4, -0.2) is 35.7 Å². The van der Waals surface area contributed by atoms with E-state index in [9.17, 15) is 5.11 Å². The first-order valence-corrected chi connectivity index (χ1v) is 14.3. The van der Waals surface area contributed by atoms with Gasteiger partial charge < -0.3 is 25.2 Å². The lowest BCUT2D eigenvalue weighted by molar-refractivity contribution is -0.276. The standard InChI is InChI=1S/C33H42N2O3/c1-24-31(22-35-17-5-3-2-4-6-18-35)37-33(38-32(24)27-15-13-25(23-36)14-16-27)30-12-8-11-29(20-30)28-10-7-9-26(19-28)21-34/h7-16,19-20,24,31-33,36H,2-6,17-18,21-23,34H2,1H3/t24-,31+,32+,33+/m1/s1. The summed E-state index contributed by atoms with van der Waals surface area (Å²) in [4.78, 5) is 2.60. The highest BCUT2D eigenvalue weighted by atomic mass is 16.7. The summed E-state index contributed by atoms with van der Waals surface area (Å²) in [5, 5.41) is 9.54.